The van der Waals surface area contributed by atoms with E-state index in [0.717, 1.165) is 19.5 Å². The molecule has 0 bridgehead atoms. The first-order chi connectivity index (χ1) is 5.77. The zero-order valence-corrected chi connectivity index (χ0v) is 7.45. The Kier molecular flexibility index (Phi) is 3.34. The van der Waals surface area contributed by atoms with E-state index >= 15 is 0 Å². The number of rotatable bonds is 2. The molecule has 1 rings (SSSR count). The van der Waals surface area contributed by atoms with Crippen LogP contribution in [0.2, 0.25) is 0 Å². The molecule has 0 aromatic heterocycles. The molecule has 70 valence electrons. The molecule has 1 saturated heterocycles. The number of carbonyl (C=O) groups excluding carboxylic acids is 1. The van der Waals surface area contributed by atoms with E-state index in [4.69, 9.17) is 10.5 Å². The predicted molar refractivity (Wildman–Crippen MR) is 45.8 cm³/mol. The third kappa shape index (κ3) is 2.11. The van der Waals surface area contributed by atoms with Crippen molar-refractivity contribution in [3.63, 3.8) is 0 Å². The van der Waals surface area contributed by atoms with Crippen LogP contribution in [0.25, 0.3) is 0 Å². The van der Waals surface area contributed by atoms with Gasteiger partial charge in [0.1, 0.15) is 0 Å². The van der Waals surface area contributed by atoms with Crippen LogP contribution >= 0.6 is 0 Å². The normalized spacial score (nSPS) is 22.8. The SMILES string of the molecule is CCOC(=O)N1CCC(CN)C1. The standard InChI is InChI=1S/C8H16N2O2/c1-2-12-8(11)10-4-3-7(5-9)6-10/h7H,2-6,9H2,1H3. The van der Waals surface area contributed by atoms with Crippen LogP contribution in [-0.2, 0) is 4.74 Å². The Labute approximate surface area is 72.7 Å². The van der Waals surface area contributed by atoms with Crippen LogP contribution in [0.3, 0.4) is 0 Å². The molecular formula is C8H16N2O2. The quantitative estimate of drug-likeness (QED) is 0.657. The first-order valence-corrected chi connectivity index (χ1v) is 4.39. The summed E-state index contributed by atoms with van der Waals surface area (Å²) >= 11 is 0. The van der Waals surface area contributed by atoms with E-state index in [2.05, 4.69) is 0 Å². The molecule has 1 heterocycles. The third-order valence-corrected chi connectivity index (χ3v) is 2.15. The number of amides is 1. The molecule has 0 spiro atoms. The molecular weight excluding hydrogens is 156 g/mol. The van der Waals surface area contributed by atoms with Crippen molar-refractivity contribution in [2.24, 2.45) is 11.7 Å². The van der Waals surface area contributed by atoms with Gasteiger partial charge in [-0.3, -0.25) is 0 Å². The lowest BCUT2D eigenvalue weighted by molar-refractivity contribution is 0.114. The number of hydrogen-bond acceptors (Lipinski definition) is 3. The summed E-state index contributed by atoms with van der Waals surface area (Å²) in [5.41, 5.74) is 5.49. The molecule has 12 heavy (non-hydrogen) atoms. The van der Waals surface area contributed by atoms with Gasteiger partial charge in [-0.25, -0.2) is 4.79 Å². The monoisotopic (exact) mass is 172 g/mol. The lowest BCUT2D eigenvalue weighted by atomic mass is 10.1. The fourth-order valence-corrected chi connectivity index (χ4v) is 1.41. The van der Waals surface area contributed by atoms with E-state index in [-0.39, 0.29) is 6.09 Å². The summed E-state index contributed by atoms with van der Waals surface area (Å²) in [6.45, 7) is 4.48. The minimum absolute atomic E-state index is 0.201. The Hall–Kier alpha value is -0.770. The molecule has 1 aliphatic rings. The number of nitrogens with zero attached hydrogens (tertiary/aromatic N) is 1. The summed E-state index contributed by atoms with van der Waals surface area (Å²) < 4.78 is 4.86. The zero-order valence-electron chi connectivity index (χ0n) is 7.45. The van der Waals surface area contributed by atoms with Crippen LogP contribution in [0, 0.1) is 5.92 Å². The van der Waals surface area contributed by atoms with Crippen molar-refractivity contribution in [2.75, 3.05) is 26.2 Å². The number of ether oxygens (including phenoxy) is 1. The summed E-state index contributed by atoms with van der Waals surface area (Å²) in [7, 11) is 0. The largest absolute Gasteiger partial charge is 0.450 e. The van der Waals surface area contributed by atoms with Crippen LogP contribution in [-0.4, -0.2) is 37.2 Å². The molecule has 0 aliphatic carbocycles. The van der Waals surface area contributed by atoms with Crippen LogP contribution in [0.15, 0.2) is 0 Å². The van der Waals surface area contributed by atoms with Crippen molar-refractivity contribution in [3.05, 3.63) is 0 Å². The average molecular weight is 172 g/mol. The molecule has 2 N–H and O–H groups in total. The minimum Gasteiger partial charge on any atom is -0.450 e. The Morgan fingerprint density at radius 1 is 1.75 bits per heavy atom. The number of hydrogen-bond donors (Lipinski definition) is 1. The topological polar surface area (TPSA) is 55.6 Å². The van der Waals surface area contributed by atoms with Gasteiger partial charge in [0, 0.05) is 13.1 Å². The van der Waals surface area contributed by atoms with Crippen molar-refractivity contribution in [3.8, 4) is 0 Å². The van der Waals surface area contributed by atoms with E-state index in [0.29, 0.717) is 19.1 Å². The molecule has 1 fully saturated rings. The third-order valence-electron chi connectivity index (χ3n) is 2.15. The fraction of sp³-hybridized carbons (Fsp3) is 0.875. The fourth-order valence-electron chi connectivity index (χ4n) is 1.41. The van der Waals surface area contributed by atoms with Gasteiger partial charge >= 0.3 is 6.09 Å². The van der Waals surface area contributed by atoms with Crippen molar-refractivity contribution in [1.29, 1.82) is 0 Å². The molecule has 0 saturated carbocycles. The molecule has 0 aromatic carbocycles. The highest BCUT2D eigenvalue weighted by Crippen LogP contribution is 2.15. The second-order valence-corrected chi connectivity index (χ2v) is 3.04. The summed E-state index contributed by atoms with van der Waals surface area (Å²) in [5, 5.41) is 0. The molecule has 1 aliphatic heterocycles. The highest BCUT2D eigenvalue weighted by molar-refractivity contribution is 5.67. The number of nitrogens with two attached hydrogens (primary N) is 1. The van der Waals surface area contributed by atoms with Crippen LogP contribution in [0.5, 0.6) is 0 Å². The minimum atomic E-state index is -0.201. The second-order valence-electron chi connectivity index (χ2n) is 3.04. The lowest BCUT2D eigenvalue weighted by Crippen LogP contribution is -2.30. The van der Waals surface area contributed by atoms with Crippen LogP contribution < -0.4 is 5.73 Å². The van der Waals surface area contributed by atoms with Gasteiger partial charge in [-0.15, -0.1) is 0 Å². The first-order valence-electron chi connectivity index (χ1n) is 4.39. The van der Waals surface area contributed by atoms with Gasteiger partial charge in [0.25, 0.3) is 0 Å². The van der Waals surface area contributed by atoms with Gasteiger partial charge in [-0.1, -0.05) is 0 Å². The smallest absolute Gasteiger partial charge is 0.409 e. The summed E-state index contributed by atoms with van der Waals surface area (Å²) in [6, 6.07) is 0. The van der Waals surface area contributed by atoms with E-state index in [9.17, 15) is 4.79 Å². The van der Waals surface area contributed by atoms with Gasteiger partial charge in [0.15, 0.2) is 0 Å². The van der Waals surface area contributed by atoms with E-state index in [1.165, 1.54) is 0 Å². The van der Waals surface area contributed by atoms with Crippen molar-refractivity contribution >= 4 is 6.09 Å². The first kappa shape index (κ1) is 9.32. The second kappa shape index (κ2) is 4.30. The van der Waals surface area contributed by atoms with Gasteiger partial charge in [0.05, 0.1) is 6.61 Å². The Balaban J connectivity index is 2.31. The Morgan fingerprint density at radius 2 is 2.50 bits per heavy atom. The van der Waals surface area contributed by atoms with Crippen molar-refractivity contribution < 1.29 is 9.53 Å². The molecule has 0 aromatic rings. The maximum atomic E-state index is 11.2. The van der Waals surface area contributed by atoms with Crippen molar-refractivity contribution in [2.45, 2.75) is 13.3 Å². The Morgan fingerprint density at radius 3 is 3.00 bits per heavy atom. The molecule has 1 unspecified atom stereocenters. The van der Waals surface area contributed by atoms with E-state index in [1.807, 2.05) is 6.92 Å². The molecule has 1 amide bonds. The highest BCUT2D eigenvalue weighted by atomic mass is 16.6. The molecule has 4 heteroatoms. The van der Waals surface area contributed by atoms with Gasteiger partial charge in [0.2, 0.25) is 0 Å². The van der Waals surface area contributed by atoms with Gasteiger partial charge in [-0.05, 0) is 25.8 Å². The van der Waals surface area contributed by atoms with Crippen LogP contribution in [0.4, 0.5) is 4.79 Å². The van der Waals surface area contributed by atoms with Crippen LogP contribution in [0.1, 0.15) is 13.3 Å². The number of likely N-dealkylation sites (tertiary alicyclic amines) is 1. The molecule has 4 nitrogen and oxygen atoms in total. The maximum absolute atomic E-state index is 11.2. The van der Waals surface area contributed by atoms with E-state index in [1.54, 1.807) is 4.90 Å². The summed E-state index contributed by atoms with van der Waals surface area (Å²) in [5.74, 6) is 0.467. The maximum Gasteiger partial charge on any atom is 0.409 e. The van der Waals surface area contributed by atoms with Gasteiger partial charge in [-0.2, -0.15) is 0 Å². The summed E-state index contributed by atoms with van der Waals surface area (Å²) in [4.78, 5) is 12.9. The summed E-state index contributed by atoms with van der Waals surface area (Å²) in [6.07, 6.45) is 0.809. The van der Waals surface area contributed by atoms with Crippen molar-refractivity contribution in [1.82, 2.24) is 4.90 Å². The predicted octanol–water partition coefficient (Wildman–Crippen LogP) is 0.424. The Bertz CT molecular complexity index is 161. The molecule has 1 atom stereocenters. The number of carbonyl (C=O) groups is 1. The van der Waals surface area contributed by atoms with E-state index < -0.39 is 0 Å². The highest BCUT2D eigenvalue weighted by Gasteiger charge is 2.25. The van der Waals surface area contributed by atoms with Gasteiger partial charge < -0.3 is 15.4 Å². The average Bonchev–Trinajstić information content (AvgIpc) is 2.52. The lowest BCUT2D eigenvalue weighted by Gasteiger charge is -2.14. The molecule has 0 radical (unpaired) electrons. The zero-order chi connectivity index (χ0) is 8.97.